The Morgan fingerprint density at radius 1 is 1.40 bits per heavy atom. The van der Waals surface area contributed by atoms with Gasteiger partial charge in [-0.05, 0) is 27.3 Å². The summed E-state index contributed by atoms with van der Waals surface area (Å²) in [6.07, 6.45) is 0.680. The van der Waals surface area contributed by atoms with Crippen molar-refractivity contribution in [1.29, 1.82) is 0 Å². The van der Waals surface area contributed by atoms with E-state index < -0.39 is 0 Å². The standard InChI is InChI=1S/C14H26N4O2/c1-5-15-11(4)8-13-16-14(17-20-13)12-9-18(10(2)3)6-7-19-12/h10-12,15H,5-9H2,1-4H3. The van der Waals surface area contributed by atoms with Crippen molar-refractivity contribution in [3.8, 4) is 0 Å². The molecule has 0 spiro atoms. The summed E-state index contributed by atoms with van der Waals surface area (Å²) in [4.78, 5) is 6.86. The summed E-state index contributed by atoms with van der Waals surface area (Å²) in [7, 11) is 0. The molecule has 114 valence electrons. The van der Waals surface area contributed by atoms with Crippen LogP contribution in [0.2, 0.25) is 0 Å². The van der Waals surface area contributed by atoms with Gasteiger partial charge in [0, 0.05) is 31.6 Å². The van der Waals surface area contributed by atoms with Crippen LogP contribution < -0.4 is 5.32 Å². The summed E-state index contributed by atoms with van der Waals surface area (Å²) in [5, 5.41) is 7.42. The predicted octanol–water partition coefficient (Wildman–Crippen LogP) is 1.39. The number of rotatable bonds is 6. The van der Waals surface area contributed by atoms with Crippen LogP contribution in [-0.4, -0.2) is 53.4 Å². The third kappa shape index (κ3) is 4.01. The maximum atomic E-state index is 5.77. The van der Waals surface area contributed by atoms with Gasteiger partial charge in [-0.25, -0.2) is 0 Å². The Labute approximate surface area is 120 Å². The summed E-state index contributed by atoms with van der Waals surface area (Å²) in [5.41, 5.74) is 0. The van der Waals surface area contributed by atoms with Gasteiger partial charge < -0.3 is 14.6 Å². The number of nitrogens with one attached hydrogen (secondary N) is 1. The monoisotopic (exact) mass is 282 g/mol. The average Bonchev–Trinajstić information content (AvgIpc) is 2.87. The molecule has 2 unspecified atom stereocenters. The fourth-order valence-electron chi connectivity index (χ4n) is 2.46. The Morgan fingerprint density at radius 3 is 2.90 bits per heavy atom. The maximum Gasteiger partial charge on any atom is 0.228 e. The zero-order chi connectivity index (χ0) is 14.5. The Balaban J connectivity index is 1.94. The quantitative estimate of drug-likeness (QED) is 0.851. The number of morpholine rings is 1. The van der Waals surface area contributed by atoms with Gasteiger partial charge >= 0.3 is 0 Å². The second-order valence-electron chi connectivity index (χ2n) is 5.66. The van der Waals surface area contributed by atoms with Gasteiger partial charge in [0.15, 0.2) is 0 Å². The van der Waals surface area contributed by atoms with Gasteiger partial charge in [-0.15, -0.1) is 0 Å². The molecule has 1 aromatic heterocycles. The topological polar surface area (TPSA) is 63.4 Å². The molecule has 2 atom stereocenters. The molecule has 0 radical (unpaired) electrons. The highest BCUT2D eigenvalue weighted by atomic mass is 16.5. The molecule has 6 nitrogen and oxygen atoms in total. The van der Waals surface area contributed by atoms with Crippen molar-refractivity contribution in [2.24, 2.45) is 0 Å². The van der Waals surface area contributed by atoms with Crippen molar-refractivity contribution < 1.29 is 9.26 Å². The van der Waals surface area contributed by atoms with Crippen LogP contribution in [0.1, 0.15) is 45.5 Å². The summed E-state index contributed by atoms with van der Waals surface area (Å²) >= 11 is 0. The summed E-state index contributed by atoms with van der Waals surface area (Å²) < 4.78 is 11.1. The highest BCUT2D eigenvalue weighted by Gasteiger charge is 2.27. The van der Waals surface area contributed by atoms with E-state index in [0.29, 0.717) is 23.8 Å². The number of hydrogen-bond acceptors (Lipinski definition) is 6. The number of nitrogens with zero attached hydrogens (tertiary/aromatic N) is 3. The van der Waals surface area contributed by atoms with Crippen LogP contribution in [0.4, 0.5) is 0 Å². The molecule has 0 aliphatic carbocycles. The van der Waals surface area contributed by atoms with Crippen molar-refractivity contribution in [3.05, 3.63) is 11.7 Å². The summed E-state index contributed by atoms with van der Waals surface area (Å²) in [5.74, 6) is 1.35. The molecular weight excluding hydrogens is 256 g/mol. The van der Waals surface area contributed by atoms with Crippen LogP contribution in [0.5, 0.6) is 0 Å². The molecule has 1 aromatic rings. The lowest BCUT2D eigenvalue weighted by molar-refractivity contribution is -0.0450. The van der Waals surface area contributed by atoms with E-state index in [0.717, 1.165) is 32.7 Å². The summed E-state index contributed by atoms with van der Waals surface area (Å²) in [6.45, 7) is 12.1. The Morgan fingerprint density at radius 2 is 2.20 bits per heavy atom. The molecule has 1 saturated heterocycles. The van der Waals surface area contributed by atoms with Gasteiger partial charge in [-0.3, -0.25) is 4.90 Å². The third-order valence-corrected chi connectivity index (χ3v) is 3.63. The zero-order valence-electron chi connectivity index (χ0n) is 12.9. The van der Waals surface area contributed by atoms with E-state index in [1.54, 1.807) is 0 Å². The first-order valence-corrected chi connectivity index (χ1v) is 7.51. The molecule has 0 aromatic carbocycles. The lowest BCUT2D eigenvalue weighted by atomic mass is 10.2. The molecule has 1 N–H and O–H groups in total. The van der Waals surface area contributed by atoms with Crippen LogP contribution in [0, 0.1) is 0 Å². The van der Waals surface area contributed by atoms with Crippen LogP contribution in [0.25, 0.3) is 0 Å². The first kappa shape index (κ1) is 15.4. The third-order valence-electron chi connectivity index (χ3n) is 3.63. The van der Waals surface area contributed by atoms with Crippen LogP contribution in [0.15, 0.2) is 4.52 Å². The highest BCUT2D eigenvalue weighted by molar-refractivity contribution is 4.95. The number of likely N-dealkylation sites (N-methyl/N-ethyl adjacent to an activating group) is 1. The lowest BCUT2D eigenvalue weighted by Gasteiger charge is -2.34. The largest absolute Gasteiger partial charge is 0.367 e. The molecule has 1 fully saturated rings. The molecule has 0 saturated carbocycles. The van der Waals surface area contributed by atoms with Crippen molar-refractivity contribution in [3.63, 3.8) is 0 Å². The molecule has 1 aliphatic heterocycles. The van der Waals surface area contributed by atoms with E-state index in [9.17, 15) is 0 Å². The maximum absolute atomic E-state index is 5.77. The minimum absolute atomic E-state index is 0.0712. The number of ether oxygens (including phenoxy) is 1. The van der Waals surface area contributed by atoms with E-state index in [1.165, 1.54) is 0 Å². The van der Waals surface area contributed by atoms with Crippen molar-refractivity contribution in [2.45, 2.75) is 52.3 Å². The first-order valence-electron chi connectivity index (χ1n) is 7.51. The molecule has 1 aliphatic rings. The predicted molar refractivity (Wildman–Crippen MR) is 76.5 cm³/mol. The zero-order valence-corrected chi connectivity index (χ0v) is 12.9. The van der Waals surface area contributed by atoms with E-state index in [1.807, 2.05) is 0 Å². The molecular formula is C14H26N4O2. The van der Waals surface area contributed by atoms with Gasteiger partial charge in [0.05, 0.1) is 6.61 Å². The molecule has 20 heavy (non-hydrogen) atoms. The highest BCUT2D eigenvalue weighted by Crippen LogP contribution is 2.21. The molecule has 6 heteroatoms. The van der Waals surface area contributed by atoms with Crippen molar-refractivity contribution >= 4 is 0 Å². The molecule has 2 rings (SSSR count). The van der Waals surface area contributed by atoms with Crippen LogP contribution in [-0.2, 0) is 11.2 Å². The number of hydrogen-bond donors (Lipinski definition) is 1. The van der Waals surface area contributed by atoms with Crippen molar-refractivity contribution in [2.75, 3.05) is 26.2 Å². The lowest BCUT2D eigenvalue weighted by Crippen LogP contribution is -2.42. The minimum atomic E-state index is -0.0712. The molecule has 0 bridgehead atoms. The van der Waals surface area contributed by atoms with Gasteiger partial charge in [0.1, 0.15) is 6.10 Å². The molecule has 2 heterocycles. The SMILES string of the molecule is CCNC(C)Cc1nc(C2CN(C(C)C)CCO2)no1. The van der Waals surface area contributed by atoms with Crippen molar-refractivity contribution in [1.82, 2.24) is 20.4 Å². The minimum Gasteiger partial charge on any atom is -0.367 e. The van der Waals surface area contributed by atoms with Gasteiger partial charge in [-0.2, -0.15) is 4.98 Å². The van der Waals surface area contributed by atoms with Gasteiger partial charge in [-0.1, -0.05) is 12.1 Å². The summed E-state index contributed by atoms with van der Waals surface area (Å²) in [6, 6.07) is 0.856. The van der Waals surface area contributed by atoms with Gasteiger partial charge in [0.25, 0.3) is 0 Å². The fourth-order valence-corrected chi connectivity index (χ4v) is 2.46. The van der Waals surface area contributed by atoms with E-state index in [-0.39, 0.29) is 6.10 Å². The average molecular weight is 282 g/mol. The Kier molecular flexibility index (Phi) is 5.51. The Bertz CT molecular complexity index is 408. The fraction of sp³-hybridized carbons (Fsp3) is 0.857. The van der Waals surface area contributed by atoms with Gasteiger partial charge in [0.2, 0.25) is 11.7 Å². The van der Waals surface area contributed by atoms with E-state index >= 15 is 0 Å². The second kappa shape index (κ2) is 7.15. The Hall–Kier alpha value is -0.980. The van der Waals surface area contributed by atoms with Crippen LogP contribution in [0.3, 0.4) is 0 Å². The van der Waals surface area contributed by atoms with E-state index in [4.69, 9.17) is 9.26 Å². The normalized spacial score (nSPS) is 22.4. The second-order valence-corrected chi connectivity index (χ2v) is 5.66. The first-order chi connectivity index (χ1) is 9.60. The smallest absolute Gasteiger partial charge is 0.228 e. The number of aromatic nitrogens is 2. The van der Waals surface area contributed by atoms with E-state index in [2.05, 4.69) is 48.1 Å². The molecule has 0 amide bonds. The van der Waals surface area contributed by atoms with Crippen LogP contribution >= 0.6 is 0 Å².